The van der Waals surface area contributed by atoms with E-state index in [4.69, 9.17) is 0 Å². The maximum Gasteiger partial charge on any atom is 0.401 e. The molecule has 0 unspecified atom stereocenters. The molecule has 1 fully saturated rings. The van der Waals surface area contributed by atoms with E-state index in [0.29, 0.717) is 19.6 Å². The fraction of sp³-hybridized carbons (Fsp3) is 0.667. The number of anilines is 1. The number of hydrogen-bond donors (Lipinski definition) is 1. The molecular weight excluding hydrogens is 303 g/mol. The van der Waals surface area contributed by atoms with Crippen molar-refractivity contribution in [2.24, 2.45) is 5.92 Å². The molecule has 0 aromatic carbocycles. The number of nitrogens with zero attached hydrogens (tertiary/aromatic N) is 4. The van der Waals surface area contributed by atoms with Crippen molar-refractivity contribution in [2.75, 3.05) is 31.5 Å². The minimum atomic E-state index is -4.11. The highest BCUT2D eigenvalue weighted by Gasteiger charge is 2.34. The van der Waals surface area contributed by atoms with E-state index in [-0.39, 0.29) is 5.92 Å². The summed E-state index contributed by atoms with van der Waals surface area (Å²) in [6, 6.07) is 0. The molecule has 0 bridgehead atoms. The molecule has 21 heavy (non-hydrogen) atoms. The maximum absolute atomic E-state index is 12.3. The molecule has 1 saturated heterocycles. The molecule has 0 spiro atoms. The predicted molar refractivity (Wildman–Crippen MR) is 74.7 cm³/mol. The second kappa shape index (κ2) is 5.45. The van der Waals surface area contributed by atoms with Gasteiger partial charge in [0.05, 0.1) is 18.4 Å². The molecular formula is C12H16F3N5S. The smallest absolute Gasteiger partial charge is 0.360 e. The molecule has 1 aliphatic heterocycles. The Morgan fingerprint density at radius 3 is 3.00 bits per heavy atom. The first-order valence-electron chi connectivity index (χ1n) is 6.75. The molecule has 3 rings (SSSR count). The number of hydrogen-bond acceptors (Lipinski definition) is 5. The van der Waals surface area contributed by atoms with Gasteiger partial charge in [-0.1, -0.05) is 11.3 Å². The summed E-state index contributed by atoms with van der Waals surface area (Å²) in [4.78, 5) is 6.59. The molecule has 1 aliphatic rings. The van der Waals surface area contributed by atoms with Crippen molar-refractivity contribution in [3.63, 3.8) is 0 Å². The van der Waals surface area contributed by atoms with Crippen molar-refractivity contribution >= 4 is 21.4 Å². The number of rotatable bonds is 4. The molecule has 0 amide bonds. The monoisotopic (exact) mass is 319 g/mol. The zero-order valence-corrected chi connectivity index (χ0v) is 12.3. The lowest BCUT2D eigenvalue weighted by Gasteiger charge is -2.17. The second-order valence-electron chi connectivity index (χ2n) is 5.40. The van der Waals surface area contributed by atoms with Gasteiger partial charge in [0.15, 0.2) is 0 Å². The number of halogens is 3. The van der Waals surface area contributed by atoms with Crippen LogP contribution in [0.2, 0.25) is 0 Å². The van der Waals surface area contributed by atoms with E-state index in [1.54, 1.807) is 4.52 Å². The lowest BCUT2D eigenvalue weighted by atomic mass is 10.1. The van der Waals surface area contributed by atoms with Gasteiger partial charge in [-0.3, -0.25) is 4.90 Å². The minimum Gasteiger partial charge on any atom is -0.360 e. The average Bonchev–Trinajstić information content (AvgIpc) is 2.99. The number of alkyl halides is 3. The Kier molecular flexibility index (Phi) is 3.78. The van der Waals surface area contributed by atoms with E-state index in [1.165, 1.54) is 16.2 Å². The van der Waals surface area contributed by atoms with Crippen molar-refractivity contribution in [2.45, 2.75) is 19.5 Å². The highest BCUT2D eigenvalue weighted by Crippen LogP contribution is 2.24. The number of imidazole rings is 1. The van der Waals surface area contributed by atoms with E-state index in [1.807, 2.05) is 13.1 Å². The van der Waals surface area contributed by atoms with Crippen LogP contribution in [0.15, 0.2) is 6.20 Å². The molecule has 3 heterocycles. The van der Waals surface area contributed by atoms with Gasteiger partial charge < -0.3 is 5.32 Å². The summed E-state index contributed by atoms with van der Waals surface area (Å²) in [5.74, 6) is 0.227. The van der Waals surface area contributed by atoms with Crippen LogP contribution in [0.5, 0.6) is 0 Å². The quantitative estimate of drug-likeness (QED) is 0.940. The molecule has 116 valence electrons. The van der Waals surface area contributed by atoms with Gasteiger partial charge >= 0.3 is 6.18 Å². The average molecular weight is 319 g/mol. The van der Waals surface area contributed by atoms with Crippen LogP contribution in [0, 0.1) is 12.8 Å². The molecule has 9 heteroatoms. The van der Waals surface area contributed by atoms with Crippen molar-refractivity contribution in [3.8, 4) is 0 Å². The van der Waals surface area contributed by atoms with E-state index < -0.39 is 12.7 Å². The third-order valence-corrected chi connectivity index (χ3v) is 4.36. The van der Waals surface area contributed by atoms with Crippen molar-refractivity contribution in [1.29, 1.82) is 0 Å². The molecule has 0 saturated carbocycles. The zero-order valence-electron chi connectivity index (χ0n) is 11.5. The maximum atomic E-state index is 12.3. The minimum absolute atomic E-state index is 0.227. The number of nitrogens with one attached hydrogen (secondary N) is 1. The number of aromatic nitrogens is 3. The molecule has 5 nitrogen and oxygen atoms in total. The van der Waals surface area contributed by atoms with Gasteiger partial charge in [0.1, 0.15) is 0 Å². The van der Waals surface area contributed by atoms with E-state index in [9.17, 15) is 13.2 Å². The second-order valence-corrected chi connectivity index (χ2v) is 6.36. The van der Waals surface area contributed by atoms with Crippen molar-refractivity contribution in [1.82, 2.24) is 19.5 Å². The Labute approximate surface area is 123 Å². The summed E-state index contributed by atoms with van der Waals surface area (Å²) >= 11 is 1.45. The standard InChI is InChI=1S/C12H16F3N5S/c1-8-5-20-11(17-8)21-10(18-20)16-4-9-2-3-19(6-9)7-12(13,14)15/h5,9H,2-4,6-7H2,1H3,(H,16,18)/t9-/m0/s1. The molecule has 1 N–H and O–H groups in total. The molecule has 0 radical (unpaired) electrons. The topological polar surface area (TPSA) is 45.5 Å². The molecule has 0 aliphatic carbocycles. The Balaban J connectivity index is 1.50. The zero-order chi connectivity index (χ0) is 15.0. The Morgan fingerprint density at radius 2 is 2.29 bits per heavy atom. The number of likely N-dealkylation sites (tertiary alicyclic amines) is 1. The Hall–Kier alpha value is -1.35. The molecule has 1 atom stereocenters. The van der Waals surface area contributed by atoms with Gasteiger partial charge in [0, 0.05) is 13.1 Å². The number of aryl methyl sites for hydroxylation is 1. The van der Waals surface area contributed by atoms with E-state index in [2.05, 4.69) is 15.4 Å². The van der Waals surface area contributed by atoms with Crippen LogP contribution in [-0.4, -0.2) is 51.9 Å². The Morgan fingerprint density at radius 1 is 1.48 bits per heavy atom. The highest BCUT2D eigenvalue weighted by atomic mass is 32.1. The van der Waals surface area contributed by atoms with Crippen LogP contribution in [0.3, 0.4) is 0 Å². The largest absolute Gasteiger partial charge is 0.401 e. The predicted octanol–water partition coefficient (Wildman–Crippen LogP) is 2.40. The van der Waals surface area contributed by atoms with Crippen LogP contribution in [0.25, 0.3) is 4.96 Å². The van der Waals surface area contributed by atoms with Crippen molar-refractivity contribution in [3.05, 3.63) is 11.9 Å². The normalized spacial score (nSPS) is 20.5. The van der Waals surface area contributed by atoms with E-state index >= 15 is 0 Å². The van der Waals surface area contributed by atoms with Crippen LogP contribution < -0.4 is 5.32 Å². The van der Waals surface area contributed by atoms with Gasteiger partial charge in [0.2, 0.25) is 10.1 Å². The van der Waals surface area contributed by atoms with Gasteiger partial charge in [0.25, 0.3) is 0 Å². The van der Waals surface area contributed by atoms with Crippen LogP contribution in [0.1, 0.15) is 12.1 Å². The highest BCUT2D eigenvalue weighted by molar-refractivity contribution is 7.20. The first kappa shape index (κ1) is 14.6. The first-order valence-corrected chi connectivity index (χ1v) is 7.56. The van der Waals surface area contributed by atoms with Crippen molar-refractivity contribution < 1.29 is 13.2 Å². The third-order valence-electron chi connectivity index (χ3n) is 3.48. The fourth-order valence-corrected chi connectivity index (χ4v) is 3.42. The third kappa shape index (κ3) is 3.65. The lowest BCUT2D eigenvalue weighted by Crippen LogP contribution is -2.33. The van der Waals surface area contributed by atoms with Crippen LogP contribution >= 0.6 is 11.3 Å². The fourth-order valence-electron chi connectivity index (χ4n) is 2.59. The first-order chi connectivity index (χ1) is 9.89. The summed E-state index contributed by atoms with van der Waals surface area (Å²) < 4.78 is 38.7. The van der Waals surface area contributed by atoms with Gasteiger partial charge in [-0.2, -0.15) is 13.2 Å². The summed E-state index contributed by atoms with van der Waals surface area (Å²) in [7, 11) is 0. The van der Waals surface area contributed by atoms with Gasteiger partial charge in [-0.05, 0) is 25.8 Å². The van der Waals surface area contributed by atoms with Gasteiger partial charge in [-0.15, -0.1) is 5.10 Å². The Bertz CT molecular complexity index is 588. The summed E-state index contributed by atoms with van der Waals surface area (Å²) in [6.45, 7) is 2.72. The van der Waals surface area contributed by atoms with E-state index in [0.717, 1.165) is 22.2 Å². The molecule has 2 aromatic rings. The number of fused-ring (bicyclic) bond motifs is 1. The van der Waals surface area contributed by atoms with Gasteiger partial charge in [-0.25, -0.2) is 9.50 Å². The van der Waals surface area contributed by atoms with Crippen LogP contribution in [-0.2, 0) is 0 Å². The molecule has 2 aromatic heterocycles. The SMILES string of the molecule is Cc1cn2nc(NC[C@@H]3CCN(CC(F)(F)F)C3)sc2n1. The summed E-state index contributed by atoms with van der Waals surface area (Å²) in [5, 5.41) is 8.30. The summed E-state index contributed by atoms with van der Waals surface area (Å²) in [5.41, 5.74) is 0.916. The lowest BCUT2D eigenvalue weighted by molar-refractivity contribution is -0.143. The summed E-state index contributed by atoms with van der Waals surface area (Å²) in [6.07, 6.45) is -1.48. The van der Waals surface area contributed by atoms with Crippen LogP contribution in [0.4, 0.5) is 18.3 Å².